The fourth-order valence-corrected chi connectivity index (χ4v) is 3.90. The first kappa shape index (κ1) is 24.7. The predicted molar refractivity (Wildman–Crippen MR) is 131 cm³/mol. The third kappa shape index (κ3) is 6.08. The Bertz CT molecular complexity index is 1180. The maximum atomic E-state index is 12.9. The van der Waals surface area contributed by atoms with Gasteiger partial charge in [0.05, 0.1) is 38.3 Å². The maximum absolute atomic E-state index is 12.9. The highest BCUT2D eigenvalue weighted by Gasteiger charge is 2.18. The van der Waals surface area contributed by atoms with E-state index in [-0.39, 0.29) is 28.7 Å². The minimum absolute atomic E-state index is 0.104. The van der Waals surface area contributed by atoms with Crippen LogP contribution in [0.4, 0.5) is 11.4 Å². The van der Waals surface area contributed by atoms with E-state index in [0.717, 1.165) is 4.90 Å². The van der Waals surface area contributed by atoms with Gasteiger partial charge in [0.1, 0.15) is 17.1 Å². The zero-order valence-corrected chi connectivity index (χ0v) is 19.7. The van der Waals surface area contributed by atoms with E-state index in [0.29, 0.717) is 22.9 Å². The number of hydrogen-bond donors (Lipinski definition) is 2. The molecule has 0 saturated carbocycles. The van der Waals surface area contributed by atoms with E-state index in [9.17, 15) is 14.4 Å². The zero-order valence-electron chi connectivity index (χ0n) is 18.9. The minimum Gasteiger partial charge on any atom is -0.496 e. The Kier molecular flexibility index (Phi) is 8.53. The van der Waals surface area contributed by atoms with Gasteiger partial charge in [-0.2, -0.15) is 0 Å². The van der Waals surface area contributed by atoms with Gasteiger partial charge in [0.25, 0.3) is 5.91 Å². The number of para-hydroxylation sites is 1. The summed E-state index contributed by atoms with van der Waals surface area (Å²) < 4.78 is 15.3. The van der Waals surface area contributed by atoms with Crippen LogP contribution in [0.25, 0.3) is 0 Å². The molecule has 0 bridgehead atoms. The van der Waals surface area contributed by atoms with Crippen LogP contribution >= 0.6 is 11.8 Å². The lowest BCUT2D eigenvalue weighted by Crippen LogP contribution is -2.17. The highest BCUT2D eigenvalue weighted by molar-refractivity contribution is 8.00. The lowest BCUT2D eigenvalue weighted by molar-refractivity contribution is -0.113. The number of esters is 1. The molecule has 9 heteroatoms. The summed E-state index contributed by atoms with van der Waals surface area (Å²) in [5, 5.41) is 5.57. The van der Waals surface area contributed by atoms with Crippen molar-refractivity contribution in [2.24, 2.45) is 0 Å². The average molecular weight is 481 g/mol. The van der Waals surface area contributed by atoms with Gasteiger partial charge in [-0.15, -0.1) is 11.8 Å². The van der Waals surface area contributed by atoms with Gasteiger partial charge in [-0.1, -0.05) is 24.3 Å². The third-order valence-electron chi connectivity index (χ3n) is 4.72. The highest BCUT2D eigenvalue weighted by Crippen LogP contribution is 2.30. The Morgan fingerprint density at radius 3 is 2.18 bits per heavy atom. The summed E-state index contributed by atoms with van der Waals surface area (Å²) in [4.78, 5) is 38.0. The number of benzene rings is 3. The minimum atomic E-state index is -0.529. The lowest BCUT2D eigenvalue weighted by atomic mass is 10.1. The Morgan fingerprint density at radius 1 is 0.824 bits per heavy atom. The quantitative estimate of drug-likeness (QED) is 0.344. The van der Waals surface area contributed by atoms with Crippen molar-refractivity contribution in [3.63, 3.8) is 0 Å². The molecule has 0 fully saturated rings. The van der Waals surface area contributed by atoms with Crippen LogP contribution in [0.1, 0.15) is 20.7 Å². The van der Waals surface area contributed by atoms with Crippen LogP contribution in [-0.4, -0.2) is 44.9 Å². The van der Waals surface area contributed by atoms with Gasteiger partial charge in [-0.3, -0.25) is 9.59 Å². The molecule has 0 radical (unpaired) electrons. The van der Waals surface area contributed by atoms with E-state index < -0.39 is 5.97 Å². The van der Waals surface area contributed by atoms with Crippen molar-refractivity contribution in [3.8, 4) is 11.5 Å². The van der Waals surface area contributed by atoms with Crippen molar-refractivity contribution in [2.75, 3.05) is 37.7 Å². The van der Waals surface area contributed by atoms with E-state index >= 15 is 0 Å². The van der Waals surface area contributed by atoms with Crippen molar-refractivity contribution >= 4 is 40.9 Å². The van der Waals surface area contributed by atoms with Crippen molar-refractivity contribution in [1.29, 1.82) is 0 Å². The maximum Gasteiger partial charge on any atom is 0.339 e. The molecule has 176 valence electrons. The molecule has 0 unspecified atom stereocenters. The number of ether oxygens (including phenoxy) is 3. The molecule has 0 aromatic heterocycles. The number of thioether (sulfide) groups is 1. The number of amides is 2. The van der Waals surface area contributed by atoms with Gasteiger partial charge < -0.3 is 24.8 Å². The molecule has 0 saturated heterocycles. The molecule has 8 nitrogen and oxygen atoms in total. The molecule has 0 atom stereocenters. The van der Waals surface area contributed by atoms with Crippen LogP contribution in [0.15, 0.2) is 71.6 Å². The molecule has 0 heterocycles. The molecule has 2 N–H and O–H groups in total. The molecule has 3 rings (SSSR count). The molecule has 34 heavy (non-hydrogen) atoms. The van der Waals surface area contributed by atoms with Crippen LogP contribution in [0.2, 0.25) is 0 Å². The Balaban J connectivity index is 1.65. The molecule has 0 aliphatic carbocycles. The summed E-state index contributed by atoms with van der Waals surface area (Å²) in [6.07, 6.45) is 0. The van der Waals surface area contributed by atoms with Crippen molar-refractivity contribution in [1.82, 2.24) is 0 Å². The predicted octanol–water partition coefficient (Wildman–Crippen LogP) is 4.47. The number of carbonyl (C=O) groups excluding carboxylic acids is 3. The van der Waals surface area contributed by atoms with Gasteiger partial charge in [0, 0.05) is 10.6 Å². The smallest absolute Gasteiger partial charge is 0.339 e. The molecule has 0 aliphatic heterocycles. The van der Waals surface area contributed by atoms with Crippen LogP contribution in [0.5, 0.6) is 11.5 Å². The molecular formula is C25H24N2O6S. The summed E-state index contributed by atoms with van der Waals surface area (Å²) >= 11 is 1.29. The molecule has 2 amide bonds. The average Bonchev–Trinajstić information content (AvgIpc) is 2.87. The Hall–Kier alpha value is -3.98. The first-order chi connectivity index (χ1) is 16.5. The van der Waals surface area contributed by atoms with Crippen molar-refractivity contribution in [2.45, 2.75) is 4.90 Å². The lowest BCUT2D eigenvalue weighted by Gasteiger charge is -2.13. The van der Waals surface area contributed by atoms with Crippen molar-refractivity contribution in [3.05, 3.63) is 77.9 Å². The molecule has 0 aliphatic rings. The van der Waals surface area contributed by atoms with E-state index in [4.69, 9.17) is 14.2 Å². The van der Waals surface area contributed by atoms with E-state index in [1.54, 1.807) is 60.7 Å². The molecule has 0 spiro atoms. The van der Waals surface area contributed by atoms with Gasteiger partial charge in [-0.25, -0.2) is 4.79 Å². The fraction of sp³-hybridized carbons (Fsp3) is 0.160. The highest BCUT2D eigenvalue weighted by atomic mass is 32.2. The largest absolute Gasteiger partial charge is 0.496 e. The standard InChI is InChI=1S/C25H24N2O6S/c1-31-20-12-7-13-21(32-2)23(20)24(29)26-16-8-6-9-17(14-16)34-15-22(28)27-19-11-5-4-10-18(19)25(30)33-3/h4-14H,15H2,1-3H3,(H,26,29)(H,27,28). The van der Waals surface area contributed by atoms with E-state index in [1.165, 1.54) is 33.1 Å². The first-order valence-corrected chi connectivity index (χ1v) is 11.2. The zero-order chi connectivity index (χ0) is 24.5. The normalized spacial score (nSPS) is 10.2. The monoisotopic (exact) mass is 480 g/mol. The number of carbonyl (C=O) groups is 3. The van der Waals surface area contributed by atoms with Crippen LogP contribution < -0.4 is 20.1 Å². The van der Waals surface area contributed by atoms with Crippen LogP contribution in [0, 0.1) is 0 Å². The summed E-state index contributed by atoms with van der Waals surface area (Å²) in [5.74, 6) is -0.299. The number of methoxy groups -OCH3 is 3. The SMILES string of the molecule is COC(=O)c1ccccc1NC(=O)CSc1cccc(NC(=O)c2c(OC)cccc2OC)c1. The Labute approximate surface area is 201 Å². The van der Waals surface area contributed by atoms with Gasteiger partial charge in [0.15, 0.2) is 0 Å². The van der Waals surface area contributed by atoms with Crippen LogP contribution in [-0.2, 0) is 9.53 Å². The summed E-state index contributed by atoms with van der Waals surface area (Å²) in [6, 6.07) is 18.9. The number of anilines is 2. The third-order valence-corrected chi connectivity index (χ3v) is 5.72. The topological polar surface area (TPSA) is 103 Å². The first-order valence-electron chi connectivity index (χ1n) is 10.2. The summed E-state index contributed by atoms with van der Waals surface area (Å²) in [5.41, 5.74) is 1.50. The van der Waals surface area contributed by atoms with E-state index in [2.05, 4.69) is 10.6 Å². The van der Waals surface area contributed by atoms with Crippen LogP contribution in [0.3, 0.4) is 0 Å². The molecule has 3 aromatic carbocycles. The number of nitrogens with one attached hydrogen (secondary N) is 2. The van der Waals surface area contributed by atoms with Gasteiger partial charge in [0.2, 0.25) is 5.91 Å². The fourth-order valence-electron chi connectivity index (χ4n) is 3.15. The van der Waals surface area contributed by atoms with Gasteiger partial charge >= 0.3 is 5.97 Å². The van der Waals surface area contributed by atoms with Gasteiger partial charge in [-0.05, 0) is 42.5 Å². The number of rotatable bonds is 9. The number of hydrogen-bond acceptors (Lipinski definition) is 7. The van der Waals surface area contributed by atoms with E-state index in [1.807, 2.05) is 6.07 Å². The second-order valence-corrected chi connectivity index (χ2v) is 7.94. The second kappa shape index (κ2) is 11.8. The second-order valence-electron chi connectivity index (χ2n) is 6.89. The summed E-state index contributed by atoms with van der Waals surface area (Å²) in [6.45, 7) is 0. The molecular weight excluding hydrogens is 456 g/mol. The molecule has 3 aromatic rings. The Morgan fingerprint density at radius 2 is 1.50 bits per heavy atom. The summed E-state index contributed by atoms with van der Waals surface area (Å²) in [7, 11) is 4.25. The van der Waals surface area contributed by atoms with Crippen molar-refractivity contribution < 1.29 is 28.6 Å².